The monoisotopic (exact) mass is 396 g/mol. The first-order chi connectivity index (χ1) is 12.0. The number of halogens is 7. The molecule has 0 atom stereocenters. The maximum absolute atomic E-state index is 13.0. The van der Waals surface area contributed by atoms with E-state index in [4.69, 9.17) is 11.6 Å². The summed E-state index contributed by atoms with van der Waals surface area (Å²) >= 11 is 5.53. The zero-order valence-electron chi connectivity index (χ0n) is 12.8. The molecular formula is C15H11ClF6N4. The first kappa shape index (κ1) is 18.6. The van der Waals surface area contributed by atoms with Crippen LogP contribution in [0.4, 0.5) is 43.8 Å². The van der Waals surface area contributed by atoms with Gasteiger partial charge in [0.05, 0.1) is 10.6 Å². The number of nitrogens with one attached hydrogen (secondary N) is 2. The molecule has 2 N–H and O–H groups in total. The third-order valence-electron chi connectivity index (χ3n) is 3.47. The molecule has 2 aromatic rings. The minimum atomic E-state index is -4.73. The highest BCUT2D eigenvalue weighted by Crippen LogP contribution is 2.37. The third-order valence-corrected chi connectivity index (χ3v) is 3.80. The van der Waals surface area contributed by atoms with Gasteiger partial charge in [-0.3, -0.25) is 0 Å². The Morgan fingerprint density at radius 2 is 1.65 bits per heavy atom. The van der Waals surface area contributed by atoms with Gasteiger partial charge < -0.3 is 10.6 Å². The van der Waals surface area contributed by atoms with E-state index in [-0.39, 0.29) is 23.5 Å². The van der Waals surface area contributed by atoms with E-state index in [1.807, 2.05) is 0 Å². The van der Waals surface area contributed by atoms with Crippen molar-refractivity contribution in [3.05, 3.63) is 40.5 Å². The highest BCUT2D eigenvalue weighted by Gasteiger charge is 2.35. The fourth-order valence-electron chi connectivity index (χ4n) is 2.10. The second-order valence-electron chi connectivity index (χ2n) is 5.70. The number of benzene rings is 1. The van der Waals surface area contributed by atoms with E-state index >= 15 is 0 Å². The smallest absolute Gasteiger partial charge is 0.351 e. The maximum atomic E-state index is 13.0. The standard InChI is InChI=1S/C15H11ClF6N4/c16-10-4-3-8(5-9(10)14(17,18)19)23-12-6-11(15(20,21)22)25-13(26-12)24-7-1-2-7/h3-7H,1-2H2,(H2,23,24,25,26). The van der Waals surface area contributed by atoms with Gasteiger partial charge in [0.15, 0.2) is 5.69 Å². The SMILES string of the molecule is FC(F)(F)c1cc(Nc2ccc(Cl)c(C(F)(F)F)c2)nc(NC2CC2)n1. The molecule has 0 bridgehead atoms. The lowest BCUT2D eigenvalue weighted by molar-refractivity contribution is -0.141. The first-order valence-electron chi connectivity index (χ1n) is 7.39. The number of hydrogen-bond donors (Lipinski definition) is 2. The molecule has 1 saturated carbocycles. The summed E-state index contributed by atoms with van der Waals surface area (Å²) in [6.45, 7) is 0. The van der Waals surface area contributed by atoms with Gasteiger partial charge in [-0.1, -0.05) is 11.6 Å². The van der Waals surface area contributed by atoms with Crippen LogP contribution in [0.5, 0.6) is 0 Å². The quantitative estimate of drug-likeness (QED) is 0.671. The molecule has 1 aliphatic carbocycles. The second kappa shape index (κ2) is 6.49. The van der Waals surface area contributed by atoms with Crippen LogP contribution in [0.3, 0.4) is 0 Å². The van der Waals surface area contributed by atoms with Gasteiger partial charge in [0.25, 0.3) is 0 Å². The predicted octanol–water partition coefficient (Wildman–Crippen LogP) is 5.49. The molecule has 11 heteroatoms. The van der Waals surface area contributed by atoms with Gasteiger partial charge in [-0.05, 0) is 31.0 Å². The Kier molecular flexibility index (Phi) is 4.63. The van der Waals surface area contributed by atoms with Gasteiger partial charge >= 0.3 is 12.4 Å². The van der Waals surface area contributed by atoms with Crippen molar-refractivity contribution in [1.29, 1.82) is 0 Å². The summed E-state index contributed by atoms with van der Waals surface area (Å²) in [4.78, 5) is 7.30. The second-order valence-corrected chi connectivity index (χ2v) is 6.10. The summed E-state index contributed by atoms with van der Waals surface area (Å²) in [5.74, 6) is -0.527. The molecule has 4 nitrogen and oxygen atoms in total. The van der Waals surface area contributed by atoms with E-state index in [1.54, 1.807) is 0 Å². The molecular weight excluding hydrogens is 386 g/mol. The number of rotatable bonds is 4. The molecule has 140 valence electrons. The van der Waals surface area contributed by atoms with Gasteiger partial charge in [-0.2, -0.15) is 31.3 Å². The molecule has 1 heterocycles. The molecule has 1 aliphatic rings. The summed E-state index contributed by atoms with van der Waals surface area (Å²) in [5, 5.41) is 4.66. The lowest BCUT2D eigenvalue weighted by atomic mass is 10.2. The summed E-state index contributed by atoms with van der Waals surface area (Å²) < 4.78 is 77.7. The summed E-state index contributed by atoms with van der Waals surface area (Å²) in [6.07, 6.45) is -7.85. The Morgan fingerprint density at radius 1 is 0.962 bits per heavy atom. The molecule has 3 rings (SSSR count). The van der Waals surface area contributed by atoms with E-state index < -0.39 is 28.6 Å². The first-order valence-corrected chi connectivity index (χ1v) is 7.77. The fourth-order valence-corrected chi connectivity index (χ4v) is 2.32. The summed E-state index contributed by atoms with van der Waals surface area (Å²) in [7, 11) is 0. The number of anilines is 3. The molecule has 1 fully saturated rings. The number of hydrogen-bond acceptors (Lipinski definition) is 4. The minimum absolute atomic E-state index is 0.00121. The Morgan fingerprint density at radius 3 is 2.23 bits per heavy atom. The van der Waals surface area contributed by atoms with Crippen molar-refractivity contribution in [2.45, 2.75) is 31.2 Å². The van der Waals surface area contributed by atoms with Crippen LogP contribution in [0, 0.1) is 0 Å². The van der Waals surface area contributed by atoms with Crippen molar-refractivity contribution in [3.63, 3.8) is 0 Å². The molecule has 26 heavy (non-hydrogen) atoms. The van der Waals surface area contributed by atoms with Gasteiger partial charge in [0, 0.05) is 17.8 Å². The van der Waals surface area contributed by atoms with Gasteiger partial charge in [-0.15, -0.1) is 0 Å². The van der Waals surface area contributed by atoms with Crippen molar-refractivity contribution >= 4 is 29.1 Å². The zero-order chi connectivity index (χ0) is 19.1. The molecule has 0 unspecified atom stereocenters. The highest BCUT2D eigenvalue weighted by molar-refractivity contribution is 6.31. The topological polar surface area (TPSA) is 49.8 Å². The Bertz CT molecular complexity index is 817. The van der Waals surface area contributed by atoms with E-state index in [1.165, 1.54) is 6.07 Å². The van der Waals surface area contributed by atoms with Crippen molar-refractivity contribution in [3.8, 4) is 0 Å². The van der Waals surface area contributed by atoms with E-state index in [9.17, 15) is 26.3 Å². The highest BCUT2D eigenvalue weighted by atomic mass is 35.5. The maximum Gasteiger partial charge on any atom is 0.433 e. The largest absolute Gasteiger partial charge is 0.433 e. The van der Waals surface area contributed by atoms with Crippen LogP contribution < -0.4 is 10.6 Å². The average Bonchev–Trinajstić information content (AvgIpc) is 3.31. The van der Waals surface area contributed by atoms with E-state index in [2.05, 4.69) is 20.6 Å². The van der Waals surface area contributed by atoms with Gasteiger partial charge in [0.2, 0.25) is 5.95 Å². The van der Waals surface area contributed by atoms with Crippen LogP contribution in [0.1, 0.15) is 24.1 Å². The third kappa shape index (κ3) is 4.48. The van der Waals surface area contributed by atoms with Crippen LogP contribution in [-0.4, -0.2) is 16.0 Å². The lowest BCUT2D eigenvalue weighted by Crippen LogP contribution is -2.14. The molecule has 0 radical (unpaired) electrons. The van der Waals surface area contributed by atoms with Gasteiger partial charge in [0.1, 0.15) is 5.82 Å². The molecule has 0 saturated heterocycles. The molecule has 0 amide bonds. The van der Waals surface area contributed by atoms with Crippen molar-refractivity contribution in [2.75, 3.05) is 10.6 Å². The zero-order valence-corrected chi connectivity index (χ0v) is 13.6. The van der Waals surface area contributed by atoms with Crippen molar-refractivity contribution in [2.24, 2.45) is 0 Å². The minimum Gasteiger partial charge on any atom is -0.351 e. The number of alkyl halides is 6. The molecule has 0 spiro atoms. The van der Waals surface area contributed by atoms with Crippen molar-refractivity contribution in [1.82, 2.24) is 9.97 Å². The van der Waals surface area contributed by atoms with E-state index in [0.717, 1.165) is 18.9 Å². The lowest BCUT2D eigenvalue weighted by Gasteiger charge is -2.14. The summed E-state index contributed by atoms with van der Waals surface area (Å²) in [6, 6.07) is 3.54. The number of aromatic nitrogens is 2. The predicted molar refractivity (Wildman–Crippen MR) is 83.4 cm³/mol. The van der Waals surface area contributed by atoms with Crippen LogP contribution in [-0.2, 0) is 12.4 Å². The molecule has 1 aromatic heterocycles. The molecule has 0 aliphatic heterocycles. The normalized spacial score (nSPS) is 15.0. The fraction of sp³-hybridized carbons (Fsp3) is 0.333. The van der Waals surface area contributed by atoms with E-state index in [0.29, 0.717) is 12.1 Å². The van der Waals surface area contributed by atoms with Crippen molar-refractivity contribution < 1.29 is 26.3 Å². The van der Waals surface area contributed by atoms with Crippen LogP contribution in [0.2, 0.25) is 5.02 Å². The van der Waals surface area contributed by atoms with Crippen LogP contribution in [0.15, 0.2) is 24.3 Å². The van der Waals surface area contributed by atoms with Crippen LogP contribution in [0.25, 0.3) is 0 Å². The van der Waals surface area contributed by atoms with Crippen LogP contribution >= 0.6 is 11.6 Å². The Hall–Kier alpha value is -2.23. The number of nitrogens with zero attached hydrogens (tertiary/aromatic N) is 2. The summed E-state index contributed by atoms with van der Waals surface area (Å²) in [5.41, 5.74) is -2.42. The average molecular weight is 397 g/mol. The Labute approximate surface area is 148 Å². The Balaban J connectivity index is 1.93. The van der Waals surface area contributed by atoms with Gasteiger partial charge in [-0.25, -0.2) is 4.98 Å². The molecule has 1 aromatic carbocycles.